The number of aromatic nitrogens is 2. The summed E-state index contributed by atoms with van der Waals surface area (Å²) in [5.74, 6) is 1.02. The smallest absolute Gasteiger partial charge is 0.224 e. The van der Waals surface area contributed by atoms with Gasteiger partial charge in [0.2, 0.25) is 5.91 Å². The van der Waals surface area contributed by atoms with Crippen LogP contribution in [0.15, 0.2) is 30.6 Å². The number of anilines is 2. The fourth-order valence-corrected chi connectivity index (χ4v) is 2.11. The molecule has 0 radical (unpaired) electrons. The van der Waals surface area contributed by atoms with Gasteiger partial charge >= 0.3 is 0 Å². The number of nitrogens with zero attached hydrogens (tertiary/aromatic N) is 2. The molecule has 5 heteroatoms. The maximum absolute atomic E-state index is 11.5. The molecule has 0 bridgehead atoms. The third kappa shape index (κ3) is 3.84. The minimum absolute atomic E-state index is 0.0197. The molecular weight excluding hydrogens is 264 g/mol. The predicted molar refractivity (Wildman–Crippen MR) is 85.3 cm³/mol. The Morgan fingerprint density at radius 2 is 2.14 bits per heavy atom. The molecule has 1 aromatic heterocycles. The van der Waals surface area contributed by atoms with E-state index in [0.717, 1.165) is 29.3 Å². The number of imidazole rings is 1. The highest BCUT2D eigenvalue weighted by molar-refractivity contribution is 5.91. The van der Waals surface area contributed by atoms with Gasteiger partial charge in [-0.2, -0.15) is 0 Å². The Hall–Kier alpha value is -2.30. The van der Waals surface area contributed by atoms with E-state index in [4.69, 9.17) is 0 Å². The van der Waals surface area contributed by atoms with Crippen molar-refractivity contribution in [2.45, 2.75) is 40.3 Å². The quantitative estimate of drug-likeness (QED) is 0.857. The van der Waals surface area contributed by atoms with Gasteiger partial charge in [-0.05, 0) is 31.5 Å². The molecule has 0 aliphatic carbocycles. The number of benzene rings is 1. The Morgan fingerprint density at radius 3 is 2.86 bits per heavy atom. The van der Waals surface area contributed by atoms with E-state index < -0.39 is 0 Å². The highest BCUT2D eigenvalue weighted by Gasteiger charge is 2.05. The zero-order chi connectivity index (χ0) is 15.2. The number of amides is 1. The second kappa shape index (κ2) is 6.92. The molecule has 1 amide bonds. The van der Waals surface area contributed by atoms with Crippen molar-refractivity contribution in [2.24, 2.45) is 0 Å². The van der Waals surface area contributed by atoms with E-state index in [-0.39, 0.29) is 5.91 Å². The molecule has 0 aliphatic rings. The molecular formula is C16H22N4O. The second-order valence-electron chi connectivity index (χ2n) is 4.91. The topological polar surface area (TPSA) is 59.0 Å². The van der Waals surface area contributed by atoms with Crippen molar-refractivity contribution in [3.05, 3.63) is 42.0 Å². The molecule has 0 saturated heterocycles. The lowest BCUT2D eigenvalue weighted by Crippen LogP contribution is -2.11. The molecule has 2 aromatic rings. The van der Waals surface area contributed by atoms with Gasteiger partial charge in [0.15, 0.2) is 0 Å². The first-order valence-corrected chi connectivity index (χ1v) is 7.28. The highest BCUT2D eigenvalue weighted by atomic mass is 16.1. The third-order valence-corrected chi connectivity index (χ3v) is 3.42. The summed E-state index contributed by atoms with van der Waals surface area (Å²) >= 11 is 0. The van der Waals surface area contributed by atoms with E-state index in [1.807, 2.05) is 44.4 Å². The lowest BCUT2D eigenvalue weighted by atomic mass is 10.1. The van der Waals surface area contributed by atoms with Crippen molar-refractivity contribution in [2.75, 3.05) is 10.6 Å². The van der Waals surface area contributed by atoms with E-state index in [1.54, 1.807) is 0 Å². The lowest BCUT2D eigenvalue weighted by molar-refractivity contribution is -0.115. The summed E-state index contributed by atoms with van der Waals surface area (Å²) in [4.78, 5) is 15.8. The summed E-state index contributed by atoms with van der Waals surface area (Å²) in [5, 5.41) is 6.26. The Bertz CT molecular complexity index is 618. The number of hydrogen-bond acceptors (Lipinski definition) is 3. The van der Waals surface area contributed by atoms with Gasteiger partial charge in [0.25, 0.3) is 0 Å². The molecule has 0 fully saturated rings. The van der Waals surface area contributed by atoms with Gasteiger partial charge in [-0.25, -0.2) is 4.98 Å². The first-order chi connectivity index (χ1) is 10.1. The normalized spacial score (nSPS) is 10.4. The fourth-order valence-electron chi connectivity index (χ4n) is 2.11. The molecule has 0 aliphatic heterocycles. The molecule has 0 unspecified atom stereocenters. The number of carbonyl (C=O) groups is 1. The van der Waals surface area contributed by atoms with Crippen LogP contribution in [-0.4, -0.2) is 15.5 Å². The Kier molecular flexibility index (Phi) is 4.98. The summed E-state index contributed by atoms with van der Waals surface area (Å²) in [6.45, 7) is 7.54. The number of nitrogens with one attached hydrogen (secondary N) is 2. The maximum Gasteiger partial charge on any atom is 0.224 e. The van der Waals surface area contributed by atoms with Crippen LogP contribution < -0.4 is 10.6 Å². The lowest BCUT2D eigenvalue weighted by Gasteiger charge is -2.12. The zero-order valence-corrected chi connectivity index (χ0v) is 12.8. The number of rotatable bonds is 6. The summed E-state index contributed by atoms with van der Waals surface area (Å²) in [7, 11) is 0. The Balaban J connectivity index is 2.08. The number of carbonyl (C=O) groups excluding carboxylic acids is 1. The molecule has 1 aromatic carbocycles. The van der Waals surface area contributed by atoms with Gasteiger partial charge in [0, 0.05) is 36.7 Å². The van der Waals surface area contributed by atoms with Crippen LogP contribution >= 0.6 is 0 Å². The Labute approximate surface area is 125 Å². The van der Waals surface area contributed by atoms with Gasteiger partial charge in [0.05, 0.1) is 6.54 Å². The molecule has 0 spiro atoms. The van der Waals surface area contributed by atoms with Gasteiger partial charge in [-0.15, -0.1) is 0 Å². The highest BCUT2D eigenvalue weighted by Crippen LogP contribution is 2.21. The van der Waals surface area contributed by atoms with E-state index in [2.05, 4.69) is 27.1 Å². The van der Waals surface area contributed by atoms with Crippen molar-refractivity contribution in [3.8, 4) is 0 Å². The predicted octanol–water partition coefficient (Wildman–Crippen LogP) is 3.17. The summed E-state index contributed by atoms with van der Waals surface area (Å²) in [6, 6.07) is 5.88. The summed E-state index contributed by atoms with van der Waals surface area (Å²) < 4.78 is 2.10. The van der Waals surface area contributed by atoms with Crippen molar-refractivity contribution in [1.29, 1.82) is 0 Å². The largest absolute Gasteiger partial charge is 0.378 e. The number of aryl methyl sites for hydroxylation is 2. The van der Waals surface area contributed by atoms with E-state index in [0.29, 0.717) is 13.0 Å². The second-order valence-corrected chi connectivity index (χ2v) is 4.91. The molecule has 2 N–H and O–H groups in total. The molecule has 0 saturated carbocycles. The average Bonchev–Trinajstić information content (AvgIpc) is 2.95. The van der Waals surface area contributed by atoms with Crippen LogP contribution in [0.3, 0.4) is 0 Å². The minimum Gasteiger partial charge on any atom is -0.378 e. The summed E-state index contributed by atoms with van der Waals surface area (Å²) in [5.41, 5.74) is 2.96. The maximum atomic E-state index is 11.5. The van der Waals surface area contributed by atoms with Gasteiger partial charge in [0.1, 0.15) is 5.82 Å². The SMILES string of the molecule is CCC(=O)Nc1ccc(C)c(NCc2nccn2CC)c1. The van der Waals surface area contributed by atoms with Crippen molar-refractivity contribution in [1.82, 2.24) is 9.55 Å². The minimum atomic E-state index is 0.0197. The van der Waals surface area contributed by atoms with Crippen LogP contribution in [-0.2, 0) is 17.9 Å². The van der Waals surface area contributed by atoms with E-state index in [1.165, 1.54) is 0 Å². The van der Waals surface area contributed by atoms with Crippen LogP contribution in [0.5, 0.6) is 0 Å². The van der Waals surface area contributed by atoms with Crippen molar-refractivity contribution in [3.63, 3.8) is 0 Å². The average molecular weight is 286 g/mol. The molecule has 0 atom stereocenters. The summed E-state index contributed by atoms with van der Waals surface area (Å²) in [6.07, 6.45) is 4.26. The van der Waals surface area contributed by atoms with Gasteiger partial charge in [-0.1, -0.05) is 13.0 Å². The van der Waals surface area contributed by atoms with Gasteiger partial charge < -0.3 is 15.2 Å². The molecule has 1 heterocycles. The molecule has 5 nitrogen and oxygen atoms in total. The van der Waals surface area contributed by atoms with Crippen LogP contribution in [0.1, 0.15) is 31.7 Å². The van der Waals surface area contributed by atoms with Crippen LogP contribution in [0.4, 0.5) is 11.4 Å². The van der Waals surface area contributed by atoms with Crippen molar-refractivity contribution >= 4 is 17.3 Å². The number of hydrogen-bond donors (Lipinski definition) is 2. The third-order valence-electron chi connectivity index (χ3n) is 3.42. The van der Waals surface area contributed by atoms with E-state index in [9.17, 15) is 4.79 Å². The van der Waals surface area contributed by atoms with Crippen molar-refractivity contribution < 1.29 is 4.79 Å². The van der Waals surface area contributed by atoms with Crippen LogP contribution in [0.2, 0.25) is 0 Å². The molecule has 21 heavy (non-hydrogen) atoms. The molecule has 2 rings (SSSR count). The molecule has 112 valence electrons. The van der Waals surface area contributed by atoms with Gasteiger partial charge in [-0.3, -0.25) is 4.79 Å². The standard InChI is InChI=1S/C16H22N4O/c1-4-16(21)19-13-7-6-12(3)14(10-13)18-11-15-17-8-9-20(15)5-2/h6-10,18H,4-5,11H2,1-3H3,(H,19,21). The first kappa shape index (κ1) is 15.1. The van der Waals surface area contributed by atoms with E-state index >= 15 is 0 Å². The zero-order valence-electron chi connectivity index (χ0n) is 12.8. The fraction of sp³-hybridized carbons (Fsp3) is 0.375. The Morgan fingerprint density at radius 1 is 1.33 bits per heavy atom. The van der Waals surface area contributed by atoms with Crippen LogP contribution in [0.25, 0.3) is 0 Å². The van der Waals surface area contributed by atoms with Crippen LogP contribution in [0, 0.1) is 6.92 Å². The monoisotopic (exact) mass is 286 g/mol. The first-order valence-electron chi connectivity index (χ1n) is 7.28.